The fraction of sp³-hybridized carbons (Fsp3) is 0.133. The van der Waals surface area contributed by atoms with Crippen molar-refractivity contribution in [1.29, 1.82) is 0 Å². The topological polar surface area (TPSA) is 40.5 Å². The Bertz CT molecular complexity index is 569. The van der Waals surface area contributed by atoms with E-state index in [1.807, 2.05) is 37.4 Å². The lowest BCUT2D eigenvalue weighted by atomic mass is 10.2. The third-order valence-corrected chi connectivity index (χ3v) is 3.08. The van der Waals surface area contributed by atoms with Crippen molar-refractivity contribution < 1.29 is 0 Å². The highest BCUT2D eigenvalue weighted by molar-refractivity contribution is 7.80. The molecular weight excluding hydrogens is 268 g/mol. The number of hydrogen-bond acceptors (Lipinski definition) is 3. The van der Waals surface area contributed by atoms with Crippen molar-refractivity contribution in [2.24, 2.45) is 5.10 Å². The average Bonchev–Trinajstić information content (AvgIpc) is 2.52. The normalized spacial score (nSPS) is 10.4. The van der Waals surface area contributed by atoms with Gasteiger partial charge < -0.3 is 5.32 Å². The molecule has 2 aromatic rings. The molecular formula is C15H16N4S. The predicted octanol–water partition coefficient (Wildman–Crippen LogP) is 2.42. The molecule has 2 rings (SSSR count). The summed E-state index contributed by atoms with van der Waals surface area (Å²) < 4.78 is 0. The molecule has 0 amide bonds. The molecule has 0 aliphatic carbocycles. The third-order valence-electron chi connectivity index (χ3n) is 2.67. The maximum absolute atomic E-state index is 5.28. The Hall–Kier alpha value is -2.27. The minimum absolute atomic E-state index is 0.583. The van der Waals surface area contributed by atoms with Crippen LogP contribution in [-0.2, 0) is 6.54 Å². The molecule has 0 radical (unpaired) electrons. The zero-order chi connectivity index (χ0) is 14.2. The first kappa shape index (κ1) is 14.1. The fourth-order valence-electron chi connectivity index (χ4n) is 1.54. The van der Waals surface area contributed by atoms with Crippen LogP contribution in [-0.4, -0.2) is 28.4 Å². The minimum Gasteiger partial charge on any atom is -0.357 e. The quantitative estimate of drug-likeness (QED) is 0.532. The van der Waals surface area contributed by atoms with Gasteiger partial charge in [-0.05, 0) is 35.5 Å². The predicted molar refractivity (Wildman–Crippen MR) is 85.5 cm³/mol. The van der Waals surface area contributed by atoms with E-state index in [2.05, 4.69) is 27.5 Å². The van der Waals surface area contributed by atoms with E-state index in [4.69, 9.17) is 12.2 Å². The molecule has 0 aliphatic rings. The minimum atomic E-state index is 0.583. The fourth-order valence-corrected chi connectivity index (χ4v) is 1.66. The zero-order valence-corrected chi connectivity index (χ0v) is 12.0. The van der Waals surface area contributed by atoms with Crippen LogP contribution in [0.3, 0.4) is 0 Å². The molecule has 0 spiro atoms. The van der Waals surface area contributed by atoms with Crippen LogP contribution in [0.1, 0.15) is 11.1 Å². The van der Waals surface area contributed by atoms with E-state index in [9.17, 15) is 0 Å². The molecule has 1 heterocycles. The van der Waals surface area contributed by atoms with Crippen molar-refractivity contribution in [3.8, 4) is 0 Å². The second-order valence-corrected chi connectivity index (χ2v) is 4.58. The van der Waals surface area contributed by atoms with Crippen molar-refractivity contribution in [2.75, 3.05) is 7.05 Å². The van der Waals surface area contributed by atoms with E-state index in [0.717, 1.165) is 5.56 Å². The summed E-state index contributed by atoms with van der Waals surface area (Å²) >= 11 is 5.28. The number of benzene rings is 1. The largest absolute Gasteiger partial charge is 0.357 e. The van der Waals surface area contributed by atoms with Gasteiger partial charge in [-0.3, -0.25) is 4.98 Å². The molecule has 0 saturated heterocycles. The summed E-state index contributed by atoms with van der Waals surface area (Å²) in [4.78, 5) is 3.96. The van der Waals surface area contributed by atoms with E-state index < -0.39 is 0 Å². The highest BCUT2D eigenvalue weighted by Crippen LogP contribution is 1.98. The van der Waals surface area contributed by atoms with Gasteiger partial charge in [-0.15, -0.1) is 0 Å². The van der Waals surface area contributed by atoms with Crippen molar-refractivity contribution >= 4 is 23.5 Å². The summed E-state index contributed by atoms with van der Waals surface area (Å²) in [7, 11) is 1.82. The van der Waals surface area contributed by atoms with Crippen LogP contribution in [0.4, 0.5) is 0 Å². The van der Waals surface area contributed by atoms with Gasteiger partial charge in [0.05, 0.1) is 6.21 Å². The van der Waals surface area contributed by atoms with Crippen LogP contribution in [0, 0.1) is 0 Å². The number of pyridine rings is 1. The summed E-state index contributed by atoms with van der Waals surface area (Å²) in [5.74, 6) is 0. The van der Waals surface area contributed by atoms with Crippen molar-refractivity contribution in [1.82, 2.24) is 15.3 Å². The first-order valence-electron chi connectivity index (χ1n) is 6.25. The molecule has 1 aromatic carbocycles. The van der Waals surface area contributed by atoms with Gasteiger partial charge in [0.2, 0.25) is 0 Å². The molecule has 0 atom stereocenters. The molecule has 20 heavy (non-hydrogen) atoms. The Morgan fingerprint density at radius 3 is 2.65 bits per heavy atom. The number of aromatic nitrogens is 1. The number of nitrogens with zero attached hydrogens (tertiary/aromatic N) is 3. The van der Waals surface area contributed by atoms with Gasteiger partial charge in [-0.25, -0.2) is 5.01 Å². The monoisotopic (exact) mass is 284 g/mol. The highest BCUT2D eigenvalue weighted by atomic mass is 32.1. The van der Waals surface area contributed by atoms with Gasteiger partial charge >= 0.3 is 0 Å². The Morgan fingerprint density at radius 2 is 1.95 bits per heavy atom. The van der Waals surface area contributed by atoms with Gasteiger partial charge in [-0.1, -0.05) is 30.3 Å². The second-order valence-electron chi connectivity index (χ2n) is 4.19. The van der Waals surface area contributed by atoms with Gasteiger partial charge in [0, 0.05) is 26.0 Å². The maximum Gasteiger partial charge on any atom is 0.189 e. The van der Waals surface area contributed by atoms with Gasteiger partial charge in [-0.2, -0.15) is 5.10 Å². The highest BCUT2D eigenvalue weighted by Gasteiger charge is 2.01. The Kier molecular flexibility index (Phi) is 5.20. The van der Waals surface area contributed by atoms with Gasteiger partial charge in [0.25, 0.3) is 0 Å². The number of hydrogen-bond donors (Lipinski definition) is 1. The standard InChI is InChI=1S/C15H16N4S/c1-19(18-12-14-7-9-16-10-8-14)15(20)17-11-13-5-3-2-4-6-13/h2-10,12H,11H2,1H3,(H,17,20)/b18-12-. The van der Waals surface area contributed by atoms with E-state index in [0.29, 0.717) is 11.7 Å². The SMILES string of the molecule is CN(/N=C\c1ccncc1)C(=S)NCc1ccccc1. The van der Waals surface area contributed by atoms with E-state index in [-0.39, 0.29) is 0 Å². The number of hydrazone groups is 1. The second kappa shape index (κ2) is 7.35. The molecule has 5 heteroatoms. The third kappa shape index (κ3) is 4.44. The summed E-state index contributed by atoms with van der Waals surface area (Å²) in [6, 6.07) is 13.9. The molecule has 0 unspecified atom stereocenters. The van der Waals surface area contributed by atoms with E-state index >= 15 is 0 Å². The van der Waals surface area contributed by atoms with Crippen molar-refractivity contribution in [3.05, 3.63) is 66.0 Å². The van der Waals surface area contributed by atoms with Crippen molar-refractivity contribution in [2.45, 2.75) is 6.54 Å². The Balaban J connectivity index is 1.85. The molecule has 4 nitrogen and oxygen atoms in total. The molecule has 1 aromatic heterocycles. The van der Waals surface area contributed by atoms with Crippen LogP contribution in [0.5, 0.6) is 0 Å². The number of nitrogens with one attached hydrogen (secondary N) is 1. The zero-order valence-electron chi connectivity index (χ0n) is 11.2. The molecule has 102 valence electrons. The molecule has 0 fully saturated rings. The average molecular weight is 284 g/mol. The van der Waals surface area contributed by atoms with Crippen LogP contribution < -0.4 is 5.32 Å². The number of rotatable bonds is 4. The number of thiocarbonyl (C=S) groups is 1. The molecule has 0 bridgehead atoms. The lowest BCUT2D eigenvalue weighted by molar-refractivity contribution is 0.532. The van der Waals surface area contributed by atoms with E-state index in [1.165, 1.54) is 5.56 Å². The lowest BCUT2D eigenvalue weighted by Crippen LogP contribution is -2.33. The van der Waals surface area contributed by atoms with Gasteiger partial charge in [0.15, 0.2) is 5.11 Å². The van der Waals surface area contributed by atoms with E-state index in [1.54, 1.807) is 23.6 Å². The molecule has 0 aliphatic heterocycles. The van der Waals surface area contributed by atoms with Gasteiger partial charge in [0.1, 0.15) is 0 Å². The summed E-state index contributed by atoms with van der Waals surface area (Å²) in [5, 5.41) is 9.67. The lowest BCUT2D eigenvalue weighted by Gasteiger charge is -2.15. The maximum atomic E-state index is 5.28. The van der Waals surface area contributed by atoms with Crippen LogP contribution in [0.25, 0.3) is 0 Å². The van der Waals surface area contributed by atoms with Crippen LogP contribution in [0.15, 0.2) is 60.0 Å². The first-order chi connectivity index (χ1) is 9.75. The molecule has 1 N–H and O–H groups in total. The Labute approximate surface area is 124 Å². The van der Waals surface area contributed by atoms with Crippen LogP contribution >= 0.6 is 12.2 Å². The van der Waals surface area contributed by atoms with Crippen LogP contribution in [0.2, 0.25) is 0 Å². The van der Waals surface area contributed by atoms with Crippen molar-refractivity contribution in [3.63, 3.8) is 0 Å². The summed E-state index contributed by atoms with van der Waals surface area (Å²) in [6.45, 7) is 0.689. The summed E-state index contributed by atoms with van der Waals surface area (Å²) in [5.41, 5.74) is 2.17. The first-order valence-corrected chi connectivity index (χ1v) is 6.66. The Morgan fingerprint density at radius 1 is 1.25 bits per heavy atom. The summed E-state index contributed by atoms with van der Waals surface area (Å²) in [6.07, 6.45) is 5.21. The smallest absolute Gasteiger partial charge is 0.189 e. The molecule has 0 saturated carbocycles.